The zero-order valence-corrected chi connectivity index (χ0v) is 13.3. The minimum Gasteiger partial charge on any atom is -0.484 e. The maximum Gasteiger partial charge on any atom is 0.573 e. The summed E-state index contributed by atoms with van der Waals surface area (Å²) >= 11 is 0. The van der Waals surface area contributed by atoms with Gasteiger partial charge in [-0.25, -0.2) is 9.97 Å². The van der Waals surface area contributed by atoms with Crippen molar-refractivity contribution >= 4 is 12.2 Å². The van der Waals surface area contributed by atoms with Gasteiger partial charge in [-0.2, -0.15) is 13.2 Å². The maximum atomic E-state index is 12.4. The minimum absolute atomic E-state index is 0.0560. The number of carbonyl (C=O) groups excluding carboxylic acids is 1. The van der Waals surface area contributed by atoms with Gasteiger partial charge in [0.05, 0.1) is 5.56 Å². The molecular weight excluding hydrogens is 384 g/mol. The molecular formula is C15H11F6N3O3. The van der Waals surface area contributed by atoms with Gasteiger partial charge < -0.3 is 14.8 Å². The Labute approximate surface area is 148 Å². The van der Waals surface area contributed by atoms with Crippen LogP contribution in [0.3, 0.4) is 0 Å². The van der Waals surface area contributed by atoms with E-state index in [-0.39, 0.29) is 23.6 Å². The van der Waals surface area contributed by atoms with Crippen LogP contribution in [0.4, 0.5) is 32.3 Å². The Bertz CT molecular complexity index is 778. The Hall–Kier alpha value is -3.05. The van der Waals surface area contributed by atoms with Crippen molar-refractivity contribution in [2.45, 2.75) is 19.1 Å². The van der Waals surface area contributed by atoms with Crippen molar-refractivity contribution in [3.63, 3.8) is 0 Å². The number of aromatic nitrogens is 2. The van der Waals surface area contributed by atoms with E-state index in [4.69, 9.17) is 0 Å². The molecule has 0 fully saturated rings. The molecule has 0 atom stereocenters. The van der Waals surface area contributed by atoms with Gasteiger partial charge in [0.2, 0.25) is 5.95 Å². The number of anilines is 1. The van der Waals surface area contributed by atoms with Crippen LogP contribution in [0.2, 0.25) is 0 Å². The van der Waals surface area contributed by atoms with E-state index in [1.807, 2.05) is 0 Å². The van der Waals surface area contributed by atoms with Gasteiger partial charge in [0, 0.05) is 25.0 Å². The molecule has 6 nitrogen and oxygen atoms in total. The van der Waals surface area contributed by atoms with Crippen molar-refractivity contribution in [2.75, 3.05) is 11.9 Å². The minimum atomic E-state index is -5.03. The molecule has 2 rings (SSSR count). The summed E-state index contributed by atoms with van der Waals surface area (Å²) in [5, 5.41) is 2.65. The standard InChI is InChI=1S/C15H11F6N3O3/c16-14(17,18)8-26-11-1-9(2-12(3-11)27-15(19,20)21)4-22-13-23-5-10(7-25)6-24-13/h1-3,5-7H,4,8H2,(H,22,23,24). The summed E-state index contributed by atoms with van der Waals surface area (Å²) in [6, 6.07) is 2.78. The molecule has 0 amide bonds. The summed E-state index contributed by atoms with van der Waals surface area (Å²) in [4.78, 5) is 18.1. The van der Waals surface area contributed by atoms with Crippen molar-refractivity contribution in [1.82, 2.24) is 9.97 Å². The highest BCUT2D eigenvalue weighted by molar-refractivity contribution is 5.73. The number of ether oxygens (including phenoxy) is 2. The van der Waals surface area contributed by atoms with Gasteiger partial charge in [-0.1, -0.05) is 0 Å². The summed E-state index contributed by atoms with van der Waals surface area (Å²) in [7, 11) is 0. The highest BCUT2D eigenvalue weighted by atomic mass is 19.4. The predicted octanol–water partition coefficient (Wildman–Crippen LogP) is 3.74. The Morgan fingerprint density at radius 3 is 2.19 bits per heavy atom. The monoisotopic (exact) mass is 395 g/mol. The molecule has 27 heavy (non-hydrogen) atoms. The number of hydrogen-bond donors (Lipinski definition) is 1. The molecule has 0 unspecified atom stereocenters. The Balaban J connectivity index is 2.16. The zero-order valence-electron chi connectivity index (χ0n) is 13.3. The van der Waals surface area contributed by atoms with Gasteiger partial charge in [-0.15, -0.1) is 13.2 Å². The van der Waals surface area contributed by atoms with E-state index < -0.39 is 30.6 Å². The lowest BCUT2D eigenvalue weighted by Gasteiger charge is -2.14. The van der Waals surface area contributed by atoms with E-state index in [1.54, 1.807) is 0 Å². The largest absolute Gasteiger partial charge is 0.573 e. The second-order valence-electron chi connectivity index (χ2n) is 5.08. The molecule has 0 aliphatic rings. The van der Waals surface area contributed by atoms with Crippen molar-refractivity contribution < 1.29 is 40.6 Å². The number of aldehydes is 1. The second-order valence-corrected chi connectivity index (χ2v) is 5.08. The molecule has 1 N–H and O–H groups in total. The lowest BCUT2D eigenvalue weighted by atomic mass is 10.2. The summed E-state index contributed by atoms with van der Waals surface area (Å²) in [5.74, 6) is -1.14. The van der Waals surface area contributed by atoms with Crippen LogP contribution in [-0.4, -0.2) is 35.4 Å². The Morgan fingerprint density at radius 2 is 1.63 bits per heavy atom. The smallest absolute Gasteiger partial charge is 0.484 e. The molecule has 0 bridgehead atoms. The normalized spacial score (nSPS) is 11.8. The molecule has 12 heteroatoms. The molecule has 1 aromatic carbocycles. The summed E-state index contributed by atoms with van der Waals surface area (Å²) < 4.78 is 82.2. The first-order valence-electron chi connectivity index (χ1n) is 7.14. The molecule has 0 saturated heterocycles. The lowest BCUT2D eigenvalue weighted by Crippen LogP contribution is -2.20. The topological polar surface area (TPSA) is 73.3 Å². The third-order valence-corrected chi connectivity index (χ3v) is 2.83. The SMILES string of the molecule is O=Cc1cnc(NCc2cc(OCC(F)(F)F)cc(OC(F)(F)F)c2)nc1. The molecule has 0 aliphatic carbocycles. The van der Waals surface area contributed by atoms with Crippen LogP contribution in [0.1, 0.15) is 15.9 Å². The first kappa shape index (κ1) is 20.3. The highest BCUT2D eigenvalue weighted by Gasteiger charge is 2.32. The van der Waals surface area contributed by atoms with Crippen LogP contribution >= 0.6 is 0 Å². The van der Waals surface area contributed by atoms with Crippen LogP contribution in [0.25, 0.3) is 0 Å². The third-order valence-electron chi connectivity index (χ3n) is 2.83. The van der Waals surface area contributed by atoms with E-state index in [9.17, 15) is 31.1 Å². The van der Waals surface area contributed by atoms with Crippen molar-refractivity contribution in [3.8, 4) is 11.5 Å². The second kappa shape index (κ2) is 8.10. The van der Waals surface area contributed by atoms with E-state index in [1.165, 1.54) is 12.4 Å². The average molecular weight is 395 g/mol. The molecule has 1 aromatic heterocycles. The van der Waals surface area contributed by atoms with Crippen LogP contribution in [0, 0.1) is 0 Å². The number of rotatable bonds is 7. The van der Waals surface area contributed by atoms with Gasteiger partial charge >= 0.3 is 12.5 Å². The predicted molar refractivity (Wildman–Crippen MR) is 79.4 cm³/mol. The quantitative estimate of drug-likeness (QED) is 0.569. The van der Waals surface area contributed by atoms with Crippen LogP contribution in [0.15, 0.2) is 30.6 Å². The summed E-state index contributed by atoms with van der Waals surface area (Å²) in [5.41, 5.74) is 0.334. The van der Waals surface area contributed by atoms with E-state index >= 15 is 0 Å². The number of alkyl halides is 6. The fourth-order valence-corrected chi connectivity index (χ4v) is 1.85. The van der Waals surface area contributed by atoms with Crippen molar-refractivity contribution in [2.24, 2.45) is 0 Å². The molecule has 1 heterocycles. The summed E-state index contributed by atoms with van der Waals surface area (Å²) in [6.07, 6.45) is -6.74. The van der Waals surface area contributed by atoms with Gasteiger partial charge in [-0.3, -0.25) is 4.79 Å². The van der Waals surface area contributed by atoms with Gasteiger partial charge in [0.25, 0.3) is 0 Å². The third kappa shape index (κ3) is 7.38. The number of hydrogen-bond acceptors (Lipinski definition) is 6. The Morgan fingerprint density at radius 1 is 1.00 bits per heavy atom. The van der Waals surface area contributed by atoms with E-state index in [0.29, 0.717) is 12.4 Å². The van der Waals surface area contributed by atoms with Crippen molar-refractivity contribution in [1.29, 1.82) is 0 Å². The number of benzene rings is 1. The molecule has 0 spiro atoms. The van der Waals surface area contributed by atoms with Crippen LogP contribution in [-0.2, 0) is 6.54 Å². The first-order valence-corrected chi connectivity index (χ1v) is 7.14. The zero-order chi connectivity index (χ0) is 20.1. The average Bonchev–Trinajstić information content (AvgIpc) is 2.56. The Kier molecular flexibility index (Phi) is 6.08. The molecule has 146 valence electrons. The van der Waals surface area contributed by atoms with Crippen molar-refractivity contribution in [3.05, 3.63) is 41.7 Å². The fraction of sp³-hybridized carbons (Fsp3) is 0.267. The molecule has 0 radical (unpaired) electrons. The van der Waals surface area contributed by atoms with Crippen LogP contribution in [0.5, 0.6) is 11.5 Å². The molecule has 2 aromatic rings. The number of carbonyl (C=O) groups is 1. The molecule has 0 saturated carbocycles. The highest BCUT2D eigenvalue weighted by Crippen LogP contribution is 2.29. The lowest BCUT2D eigenvalue weighted by molar-refractivity contribution is -0.274. The first-order chi connectivity index (χ1) is 12.5. The van der Waals surface area contributed by atoms with Gasteiger partial charge in [-0.05, 0) is 17.7 Å². The van der Waals surface area contributed by atoms with Gasteiger partial charge in [0.15, 0.2) is 12.9 Å². The number of nitrogens with one attached hydrogen (secondary N) is 1. The number of nitrogens with zero attached hydrogens (tertiary/aromatic N) is 2. The van der Waals surface area contributed by atoms with E-state index in [2.05, 4.69) is 24.8 Å². The number of halogens is 6. The van der Waals surface area contributed by atoms with Gasteiger partial charge in [0.1, 0.15) is 11.5 Å². The van der Waals surface area contributed by atoms with Crippen LogP contribution < -0.4 is 14.8 Å². The van der Waals surface area contributed by atoms with E-state index in [0.717, 1.165) is 12.1 Å². The maximum absolute atomic E-state index is 12.4. The molecule has 0 aliphatic heterocycles. The fourth-order valence-electron chi connectivity index (χ4n) is 1.85. The summed E-state index contributed by atoms with van der Waals surface area (Å²) in [6.45, 7) is -1.82.